The molecule has 0 spiro atoms. The van der Waals surface area contributed by atoms with Gasteiger partial charge in [0.25, 0.3) is 0 Å². The van der Waals surface area contributed by atoms with Crippen molar-refractivity contribution >= 4 is 7.12 Å². The Morgan fingerprint density at radius 3 is 2.50 bits per heavy atom. The van der Waals surface area contributed by atoms with Crippen LogP contribution in [0.5, 0.6) is 0 Å². The summed E-state index contributed by atoms with van der Waals surface area (Å²) in [6.45, 7) is -1.17. The van der Waals surface area contributed by atoms with Crippen LogP contribution in [0.4, 0.5) is 13.2 Å². The molecule has 1 unspecified atom stereocenters. The molecule has 4 nitrogen and oxygen atoms in total. The molecule has 1 saturated heterocycles. The van der Waals surface area contributed by atoms with Crippen molar-refractivity contribution in [2.45, 2.75) is 24.8 Å². The van der Waals surface area contributed by atoms with Gasteiger partial charge in [0.2, 0.25) is 0 Å². The summed E-state index contributed by atoms with van der Waals surface area (Å²) >= 11 is 0. The van der Waals surface area contributed by atoms with Gasteiger partial charge >= 0.3 is 19.1 Å². The van der Waals surface area contributed by atoms with Crippen LogP contribution < -0.4 is 0 Å². The van der Waals surface area contributed by atoms with Crippen molar-refractivity contribution in [3.8, 4) is 0 Å². The van der Waals surface area contributed by atoms with Crippen LogP contribution in [-0.2, 0) is 9.47 Å². The quantitative estimate of drug-likeness (QED) is 0.653. The Morgan fingerprint density at radius 2 is 2.00 bits per heavy atom. The number of ether oxygens (including phenoxy) is 2. The molecule has 0 amide bonds. The second kappa shape index (κ2) is 4.05. The van der Waals surface area contributed by atoms with Crippen LogP contribution in [0.2, 0.25) is 0 Å². The number of rotatable bonds is 3. The Morgan fingerprint density at radius 1 is 1.36 bits per heavy atom. The first kappa shape index (κ1) is 11.8. The van der Waals surface area contributed by atoms with E-state index in [-0.39, 0.29) is 13.0 Å². The Kier molecular flexibility index (Phi) is 3.41. The van der Waals surface area contributed by atoms with Crippen molar-refractivity contribution in [2.75, 3.05) is 13.1 Å². The average Bonchev–Trinajstić information content (AvgIpc) is 2.07. The molecule has 1 fully saturated rings. The lowest BCUT2D eigenvalue weighted by Gasteiger charge is -2.36. The Hall–Kier alpha value is -0.305. The molecule has 0 bridgehead atoms. The van der Waals surface area contributed by atoms with E-state index in [1.807, 2.05) is 0 Å². The molecule has 2 N–H and O–H groups in total. The third-order valence-electron chi connectivity index (χ3n) is 1.82. The Balaban J connectivity index is 2.59. The normalized spacial score (nSPS) is 31.5. The van der Waals surface area contributed by atoms with Crippen LogP contribution in [0.1, 0.15) is 12.8 Å². The number of hydrogen-bond acceptors (Lipinski definition) is 4. The summed E-state index contributed by atoms with van der Waals surface area (Å²) in [7, 11) is -1.99. The van der Waals surface area contributed by atoms with Crippen molar-refractivity contribution in [3.63, 3.8) is 0 Å². The first-order valence-corrected chi connectivity index (χ1v) is 4.08. The molecular formula is C6H10BF3O4. The van der Waals surface area contributed by atoms with E-state index < -0.39 is 32.0 Å². The summed E-state index contributed by atoms with van der Waals surface area (Å²) in [4.78, 5) is 0. The Bertz CT molecular complexity index is 204. The predicted molar refractivity (Wildman–Crippen MR) is 40.1 cm³/mol. The van der Waals surface area contributed by atoms with Crippen LogP contribution >= 0.6 is 0 Å². The summed E-state index contributed by atoms with van der Waals surface area (Å²) in [6, 6.07) is 0. The van der Waals surface area contributed by atoms with Gasteiger partial charge in [-0.05, 0) is 6.42 Å². The summed E-state index contributed by atoms with van der Waals surface area (Å²) in [5.74, 6) is -3.27. The van der Waals surface area contributed by atoms with E-state index in [1.54, 1.807) is 0 Å². The minimum atomic E-state index is -4.04. The molecule has 14 heavy (non-hydrogen) atoms. The minimum Gasteiger partial charge on any atom is -0.426 e. The molecule has 1 heterocycles. The highest BCUT2D eigenvalue weighted by Gasteiger charge is 2.59. The Labute approximate surface area is 78.8 Å². The van der Waals surface area contributed by atoms with Crippen molar-refractivity contribution in [2.24, 2.45) is 0 Å². The van der Waals surface area contributed by atoms with E-state index in [9.17, 15) is 13.2 Å². The zero-order chi connectivity index (χ0) is 10.8. The molecule has 0 aromatic carbocycles. The highest BCUT2D eigenvalue weighted by atomic mass is 19.3. The molecule has 0 saturated carbocycles. The summed E-state index contributed by atoms with van der Waals surface area (Å²) in [5, 5.41) is 16.7. The smallest absolute Gasteiger partial charge is 0.426 e. The fourth-order valence-electron chi connectivity index (χ4n) is 1.12. The first-order chi connectivity index (χ1) is 6.37. The number of halogens is 3. The van der Waals surface area contributed by atoms with E-state index in [4.69, 9.17) is 10.0 Å². The number of hydrogen-bond donors (Lipinski definition) is 2. The summed E-state index contributed by atoms with van der Waals surface area (Å²) < 4.78 is 47.0. The first-order valence-electron chi connectivity index (χ1n) is 4.08. The molecule has 0 aliphatic carbocycles. The topological polar surface area (TPSA) is 58.9 Å². The maximum atomic E-state index is 13.4. The molecular weight excluding hydrogens is 204 g/mol. The summed E-state index contributed by atoms with van der Waals surface area (Å²) in [6.07, 6.45) is -4.49. The van der Waals surface area contributed by atoms with Gasteiger partial charge < -0.3 is 19.5 Å². The predicted octanol–water partition coefficient (Wildman–Crippen LogP) is 0.0840. The molecule has 1 rings (SSSR count). The van der Waals surface area contributed by atoms with Gasteiger partial charge in [-0.1, -0.05) is 0 Å². The van der Waals surface area contributed by atoms with Crippen LogP contribution in [0.3, 0.4) is 0 Å². The van der Waals surface area contributed by atoms with E-state index in [1.165, 1.54) is 0 Å². The van der Waals surface area contributed by atoms with Gasteiger partial charge in [0.1, 0.15) is 0 Å². The van der Waals surface area contributed by atoms with Gasteiger partial charge in [-0.25, -0.2) is 4.39 Å². The maximum Gasteiger partial charge on any atom is 0.479 e. The van der Waals surface area contributed by atoms with Crippen LogP contribution in [-0.4, -0.2) is 42.2 Å². The van der Waals surface area contributed by atoms with Crippen molar-refractivity contribution in [1.29, 1.82) is 0 Å². The van der Waals surface area contributed by atoms with Crippen LogP contribution in [0, 0.1) is 0 Å². The second-order valence-corrected chi connectivity index (χ2v) is 2.99. The van der Waals surface area contributed by atoms with Gasteiger partial charge in [0.05, 0.1) is 13.1 Å². The SMILES string of the molecule is OB(O)COC1(F)CCCOC1(F)F. The van der Waals surface area contributed by atoms with Crippen LogP contribution in [0.15, 0.2) is 0 Å². The molecule has 8 heteroatoms. The standard InChI is InChI=1S/C6H10BF3O4/c8-5(14-4-7(11)12)2-1-3-13-6(5,9)10/h11-12H,1-4H2. The fraction of sp³-hybridized carbons (Fsp3) is 1.00. The third kappa shape index (κ3) is 2.38. The van der Waals surface area contributed by atoms with Crippen LogP contribution in [0.25, 0.3) is 0 Å². The van der Waals surface area contributed by atoms with Gasteiger partial charge in [-0.3, -0.25) is 0 Å². The van der Waals surface area contributed by atoms with Gasteiger partial charge in [-0.2, -0.15) is 8.78 Å². The molecule has 1 atom stereocenters. The minimum absolute atomic E-state index is 0.0909. The lowest BCUT2D eigenvalue weighted by Crippen LogP contribution is -2.52. The zero-order valence-corrected chi connectivity index (χ0v) is 7.25. The number of alkyl halides is 3. The fourth-order valence-corrected chi connectivity index (χ4v) is 1.12. The van der Waals surface area contributed by atoms with E-state index in [0.29, 0.717) is 0 Å². The molecule has 0 radical (unpaired) electrons. The molecule has 82 valence electrons. The monoisotopic (exact) mass is 214 g/mol. The summed E-state index contributed by atoms with van der Waals surface area (Å²) in [5.41, 5.74) is 0. The van der Waals surface area contributed by atoms with E-state index in [2.05, 4.69) is 9.47 Å². The van der Waals surface area contributed by atoms with Crippen molar-refractivity contribution < 1.29 is 32.7 Å². The van der Waals surface area contributed by atoms with E-state index in [0.717, 1.165) is 0 Å². The molecule has 0 aromatic heterocycles. The van der Waals surface area contributed by atoms with Gasteiger partial charge in [0.15, 0.2) is 0 Å². The lowest BCUT2D eigenvalue weighted by atomic mass is 9.94. The third-order valence-corrected chi connectivity index (χ3v) is 1.82. The second-order valence-electron chi connectivity index (χ2n) is 2.99. The maximum absolute atomic E-state index is 13.4. The van der Waals surface area contributed by atoms with Crippen molar-refractivity contribution in [1.82, 2.24) is 0 Å². The largest absolute Gasteiger partial charge is 0.479 e. The highest BCUT2D eigenvalue weighted by molar-refractivity contribution is 6.40. The molecule has 1 aliphatic rings. The zero-order valence-electron chi connectivity index (χ0n) is 7.25. The van der Waals surface area contributed by atoms with Gasteiger partial charge in [0, 0.05) is 6.42 Å². The average molecular weight is 214 g/mol. The molecule has 1 aliphatic heterocycles. The van der Waals surface area contributed by atoms with Crippen molar-refractivity contribution in [3.05, 3.63) is 0 Å². The molecule has 0 aromatic rings. The highest BCUT2D eigenvalue weighted by Crippen LogP contribution is 2.41. The van der Waals surface area contributed by atoms with E-state index >= 15 is 0 Å². The van der Waals surface area contributed by atoms with Gasteiger partial charge in [-0.15, -0.1) is 0 Å². The lowest BCUT2D eigenvalue weighted by molar-refractivity contribution is -0.398.